The Morgan fingerprint density at radius 2 is 2.38 bits per heavy atom. The Morgan fingerprint density at radius 3 is 3.15 bits per heavy atom. The molecule has 0 radical (unpaired) electrons. The highest BCUT2D eigenvalue weighted by Crippen LogP contribution is 1.99. The van der Waals surface area contributed by atoms with Crippen LogP contribution in [0.3, 0.4) is 0 Å². The van der Waals surface area contributed by atoms with E-state index >= 15 is 0 Å². The fourth-order valence-electron chi connectivity index (χ4n) is 1.42. The molecular formula is C9H18N2O2. The van der Waals surface area contributed by atoms with Gasteiger partial charge in [0.1, 0.15) is 0 Å². The van der Waals surface area contributed by atoms with Gasteiger partial charge in [0.2, 0.25) is 5.91 Å². The van der Waals surface area contributed by atoms with Gasteiger partial charge in [0, 0.05) is 33.2 Å². The maximum absolute atomic E-state index is 11.5. The zero-order valence-corrected chi connectivity index (χ0v) is 8.21. The minimum Gasteiger partial charge on any atom is -0.383 e. The van der Waals surface area contributed by atoms with Crippen LogP contribution in [0.15, 0.2) is 0 Å². The molecule has 0 unspecified atom stereocenters. The third-order valence-electron chi connectivity index (χ3n) is 2.22. The molecule has 1 fully saturated rings. The topological polar surface area (TPSA) is 41.6 Å². The van der Waals surface area contributed by atoms with Gasteiger partial charge in [-0.1, -0.05) is 0 Å². The van der Waals surface area contributed by atoms with Crippen molar-refractivity contribution in [1.82, 2.24) is 10.2 Å². The average Bonchev–Trinajstić information content (AvgIpc) is 2.11. The number of nitrogens with one attached hydrogen (secondary N) is 1. The SMILES string of the molecule is COCCN1CCNCCCC1=O. The van der Waals surface area contributed by atoms with Crippen molar-refractivity contribution in [1.29, 1.82) is 0 Å². The standard InChI is InChI=1S/C9H18N2O2/c1-13-8-7-11-6-5-10-4-2-3-9(11)12/h10H,2-8H2,1H3. The third kappa shape index (κ3) is 3.74. The number of ether oxygens (including phenoxy) is 1. The van der Waals surface area contributed by atoms with Crippen LogP contribution in [0.4, 0.5) is 0 Å². The van der Waals surface area contributed by atoms with Gasteiger partial charge in [-0.15, -0.1) is 0 Å². The van der Waals surface area contributed by atoms with E-state index in [1.807, 2.05) is 4.90 Å². The Hall–Kier alpha value is -0.610. The number of amides is 1. The summed E-state index contributed by atoms with van der Waals surface area (Å²) in [5, 5.41) is 3.28. The van der Waals surface area contributed by atoms with Crippen LogP contribution in [0.1, 0.15) is 12.8 Å². The summed E-state index contributed by atoms with van der Waals surface area (Å²) in [6, 6.07) is 0. The number of methoxy groups -OCH3 is 1. The summed E-state index contributed by atoms with van der Waals surface area (Å²) in [5.74, 6) is 0.263. The van der Waals surface area contributed by atoms with E-state index in [0.717, 1.165) is 32.6 Å². The summed E-state index contributed by atoms with van der Waals surface area (Å²) >= 11 is 0. The van der Waals surface area contributed by atoms with Gasteiger partial charge in [0.15, 0.2) is 0 Å². The zero-order valence-electron chi connectivity index (χ0n) is 8.21. The molecule has 1 heterocycles. The van der Waals surface area contributed by atoms with Crippen molar-refractivity contribution >= 4 is 5.91 Å². The first-order chi connectivity index (χ1) is 6.34. The zero-order chi connectivity index (χ0) is 9.52. The van der Waals surface area contributed by atoms with Crippen LogP contribution >= 0.6 is 0 Å². The lowest BCUT2D eigenvalue weighted by atomic mass is 10.2. The Morgan fingerprint density at radius 1 is 1.54 bits per heavy atom. The highest BCUT2D eigenvalue weighted by molar-refractivity contribution is 5.76. The quantitative estimate of drug-likeness (QED) is 0.666. The number of carbonyl (C=O) groups excluding carboxylic acids is 1. The van der Waals surface area contributed by atoms with Crippen LogP contribution in [0, 0.1) is 0 Å². The second kappa shape index (κ2) is 5.94. The van der Waals surface area contributed by atoms with Crippen LogP contribution in [-0.4, -0.2) is 50.7 Å². The van der Waals surface area contributed by atoms with E-state index in [4.69, 9.17) is 4.74 Å². The van der Waals surface area contributed by atoms with Crippen molar-refractivity contribution < 1.29 is 9.53 Å². The summed E-state index contributed by atoms with van der Waals surface area (Å²) in [5.41, 5.74) is 0. The van der Waals surface area contributed by atoms with E-state index < -0.39 is 0 Å². The molecule has 0 saturated carbocycles. The Balaban J connectivity index is 2.32. The third-order valence-corrected chi connectivity index (χ3v) is 2.22. The van der Waals surface area contributed by atoms with E-state index in [1.165, 1.54) is 0 Å². The molecule has 1 N–H and O–H groups in total. The van der Waals surface area contributed by atoms with Crippen molar-refractivity contribution in [2.75, 3.05) is 39.9 Å². The first kappa shape index (κ1) is 10.5. The highest BCUT2D eigenvalue weighted by Gasteiger charge is 2.13. The van der Waals surface area contributed by atoms with Crippen molar-refractivity contribution in [2.45, 2.75) is 12.8 Å². The first-order valence-electron chi connectivity index (χ1n) is 4.82. The van der Waals surface area contributed by atoms with Crippen LogP contribution in [0.2, 0.25) is 0 Å². The molecule has 1 aliphatic rings. The molecule has 0 aromatic carbocycles. The summed E-state index contributed by atoms with van der Waals surface area (Å²) < 4.78 is 4.95. The van der Waals surface area contributed by atoms with Gasteiger partial charge in [-0.25, -0.2) is 0 Å². The predicted molar refractivity (Wildman–Crippen MR) is 50.6 cm³/mol. The number of hydrogen-bond donors (Lipinski definition) is 1. The summed E-state index contributed by atoms with van der Waals surface area (Å²) in [7, 11) is 1.66. The van der Waals surface area contributed by atoms with Crippen molar-refractivity contribution in [2.24, 2.45) is 0 Å². The minimum absolute atomic E-state index is 0.263. The maximum Gasteiger partial charge on any atom is 0.222 e. The predicted octanol–water partition coefficient (Wildman–Crippen LogP) is -0.155. The van der Waals surface area contributed by atoms with Gasteiger partial charge in [-0.3, -0.25) is 4.79 Å². The molecule has 0 bridgehead atoms. The van der Waals surface area contributed by atoms with Gasteiger partial charge in [0.25, 0.3) is 0 Å². The Bertz CT molecular complexity index is 160. The molecule has 0 atom stereocenters. The first-order valence-corrected chi connectivity index (χ1v) is 4.82. The minimum atomic E-state index is 0.263. The number of hydrogen-bond acceptors (Lipinski definition) is 3. The van der Waals surface area contributed by atoms with E-state index in [2.05, 4.69) is 5.32 Å². The van der Waals surface area contributed by atoms with Gasteiger partial charge in [-0.2, -0.15) is 0 Å². The van der Waals surface area contributed by atoms with E-state index in [0.29, 0.717) is 13.0 Å². The lowest BCUT2D eigenvalue weighted by molar-refractivity contribution is -0.132. The molecule has 0 aromatic heterocycles. The maximum atomic E-state index is 11.5. The Kier molecular flexibility index (Phi) is 4.78. The number of carbonyl (C=O) groups is 1. The summed E-state index contributed by atoms with van der Waals surface area (Å²) in [6.45, 7) is 4.02. The van der Waals surface area contributed by atoms with E-state index in [9.17, 15) is 4.79 Å². The van der Waals surface area contributed by atoms with E-state index in [-0.39, 0.29) is 5.91 Å². The van der Waals surface area contributed by atoms with Gasteiger partial charge in [-0.05, 0) is 13.0 Å². The average molecular weight is 186 g/mol. The van der Waals surface area contributed by atoms with Gasteiger partial charge in [0.05, 0.1) is 6.61 Å². The normalized spacial score (nSPS) is 19.8. The van der Waals surface area contributed by atoms with Gasteiger partial charge >= 0.3 is 0 Å². The molecule has 76 valence electrons. The molecule has 0 aliphatic carbocycles. The second-order valence-electron chi connectivity index (χ2n) is 3.23. The van der Waals surface area contributed by atoms with E-state index in [1.54, 1.807) is 7.11 Å². The number of rotatable bonds is 3. The van der Waals surface area contributed by atoms with Crippen molar-refractivity contribution in [3.05, 3.63) is 0 Å². The molecule has 1 aliphatic heterocycles. The fourth-order valence-corrected chi connectivity index (χ4v) is 1.42. The molecule has 1 rings (SSSR count). The number of nitrogens with zero attached hydrogens (tertiary/aromatic N) is 1. The van der Waals surface area contributed by atoms with Crippen LogP contribution in [0.5, 0.6) is 0 Å². The Labute approximate surface area is 79.2 Å². The van der Waals surface area contributed by atoms with Crippen molar-refractivity contribution in [3.63, 3.8) is 0 Å². The molecule has 13 heavy (non-hydrogen) atoms. The monoisotopic (exact) mass is 186 g/mol. The van der Waals surface area contributed by atoms with Crippen LogP contribution < -0.4 is 5.32 Å². The molecular weight excluding hydrogens is 168 g/mol. The molecule has 4 nitrogen and oxygen atoms in total. The molecule has 0 aromatic rings. The smallest absolute Gasteiger partial charge is 0.222 e. The van der Waals surface area contributed by atoms with Crippen LogP contribution in [-0.2, 0) is 9.53 Å². The largest absolute Gasteiger partial charge is 0.383 e. The summed E-state index contributed by atoms with van der Waals surface area (Å²) in [6.07, 6.45) is 1.61. The van der Waals surface area contributed by atoms with Crippen molar-refractivity contribution in [3.8, 4) is 0 Å². The lowest BCUT2D eigenvalue weighted by Gasteiger charge is -2.24. The molecule has 1 saturated heterocycles. The summed E-state index contributed by atoms with van der Waals surface area (Å²) in [4.78, 5) is 13.4. The lowest BCUT2D eigenvalue weighted by Crippen LogP contribution is -2.41. The fraction of sp³-hybridized carbons (Fsp3) is 0.889. The molecule has 4 heteroatoms. The van der Waals surface area contributed by atoms with Gasteiger partial charge < -0.3 is 15.0 Å². The second-order valence-corrected chi connectivity index (χ2v) is 3.23. The molecule has 0 spiro atoms. The van der Waals surface area contributed by atoms with Crippen LogP contribution in [0.25, 0.3) is 0 Å². The highest BCUT2D eigenvalue weighted by atomic mass is 16.5. The molecule has 1 amide bonds.